The van der Waals surface area contributed by atoms with Gasteiger partial charge in [0.05, 0.1) is 18.2 Å². The Labute approximate surface area is 141 Å². The molecule has 1 aromatic carbocycles. The number of ether oxygens (including phenoxy) is 2. The topological polar surface area (TPSA) is 70.4 Å². The summed E-state index contributed by atoms with van der Waals surface area (Å²) in [5, 5.41) is 5.13. The van der Waals surface area contributed by atoms with Crippen LogP contribution in [0.5, 0.6) is 0 Å². The van der Waals surface area contributed by atoms with Gasteiger partial charge in [0.15, 0.2) is 0 Å². The Morgan fingerprint density at radius 3 is 2.59 bits per heavy atom. The van der Waals surface area contributed by atoms with Crippen LogP contribution in [0.15, 0.2) is 18.2 Å². The van der Waals surface area contributed by atoms with E-state index < -0.39 is 11.6 Å². The highest BCUT2D eigenvalue weighted by Crippen LogP contribution is 2.22. The van der Waals surface area contributed by atoms with Gasteiger partial charge in [0.2, 0.25) is 0 Å². The first-order chi connectivity index (χ1) is 10.2. The Hall–Kier alpha value is -1.64. The molecule has 0 aliphatic carbocycles. The summed E-state index contributed by atoms with van der Waals surface area (Å²) < 4.78 is 12.3. The molecule has 0 bridgehead atoms. The minimum absolute atomic E-state index is 0.0222. The Balaban J connectivity index is 2.33. The quantitative estimate of drug-likeness (QED) is 0.569. The van der Waals surface area contributed by atoms with E-state index in [0.29, 0.717) is 9.26 Å². The van der Waals surface area contributed by atoms with Gasteiger partial charge in [0.25, 0.3) is 0 Å². The Bertz CT molecular complexity index is 731. The fraction of sp³-hybridized carbons (Fsp3) is 0.400. The van der Waals surface area contributed by atoms with Crippen LogP contribution in [0.1, 0.15) is 31.1 Å². The number of halogens is 1. The fourth-order valence-electron chi connectivity index (χ4n) is 2.00. The standard InChI is InChI=1S/C15H17IN2O4/c1-15(2,3)22-12(19)8-18-11-6-5-9(14(20)21-4)7-10(11)13(16)17-18/h5-7H,8H2,1-4H3. The summed E-state index contributed by atoms with van der Waals surface area (Å²) in [7, 11) is 1.34. The van der Waals surface area contributed by atoms with Gasteiger partial charge in [-0.1, -0.05) is 0 Å². The second-order valence-corrected chi connectivity index (χ2v) is 6.78. The molecule has 0 unspecified atom stereocenters. The molecule has 0 saturated carbocycles. The van der Waals surface area contributed by atoms with Gasteiger partial charge in [-0.25, -0.2) is 4.79 Å². The number of rotatable bonds is 3. The molecule has 2 aromatic rings. The van der Waals surface area contributed by atoms with Gasteiger partial charge in [0, 0.05) is 5.39 Å². The van der Waals surface area contributed by atoms with Crippen molar-refractivity contribution < 1.29 is 19.1 Å². The van der Waals surface area contributed by atoms with Gasteiger partial charge in [-0.05, 0) is 61.6 Å². The average Bonchev–Trinajstić information content (AvgIpc) is 2.72. The second kappa shape index (κ2) is 6.23. The van der Waals surface area contributed by atoms with Crippen LogP contribution in [-0.2, 0) is 20.8 Å². The van der Waals surface area contributed by atoms with Gasteiger partial charge in [0.1, 0.15) is 15.8 Å². The predicted molar refractivity (Wildman–Crippen MR) is 89.6 cm³/mol. The van der Waals surface area contributed by atoms with Crippen molar-refractivity contribution in [3.8, 4) is 0 Å². The molecule has 0 radical (unpaired) electrons. The molecule has 2 rings (SSSR count). The van der Waals surface area contributed by atoms with E-state index in [2.05, 4.69) is 27.7 Å². The molecule has 1 aromatic heterocycles. The normalized spacial score (nSPS) is 11.5. The number of fused-ring (bicyclic) bond motifs is 1. The van der Waals surface area contributed by atoms with E-state index in [1.165, 1.54) is 7.11 Å². The van der Waals surface area contributed by atoms with Crippen LogP contribution in [0.2, 0.25) is 0 Å². The summed E-state index contributed by atoms with van der Waals surface area (Å²) in [6, 6.07) is 5.11. The van der Waals surface area contributed by atoms with E-state index >= 15 is 0 Å². The molecule has 0 aliphatic rings. The SMILES string of the molecule is COC(=O)c1ccc2c(c1)c(I)nn2CC(=O)OC(C)(C)C. The zero-order valence-electron chi connectivity index (χ0n) is 12.8. The minimum Gasteiger partial charge on any atom is -0.465 e. The monoisotopic (exact) mass is 416 g/mol. The molecule has 7 heteroatoms. The Morgan fingerprint density at radius 2 is 2.00 bits per heavy atom. The van der Waals surface area contributed by atoms with E-state index in [1.54, 1.807) is 22.9 Å². The zero-order valence-corrected chi connectivity index (χ0v) is 15.0. The molecule has 0 aliphatic heterocycles. The number of hydrogen-bond acceptors (Lipinski definition) is 5. The first-order valence-corrected chi connectivity index (χ1v) is 7.75. The number of hydrogen-bond donors (Lipinski definition) is 0. The number of esters is 2. The molecule has 0 N–H and O–H groups in total. The van der Waals surface area contributed by atoms with Crippen LogP contribution in [-0.4, -0.2) is 34.4 Å². The molecule has 0 saturated heterocycles. The van der Waals surface area contributed by atoms with Crippen molar-refractivity contribution in [2.75, 3.05) is 7.11 Å². The van der Waals surface area contributed by atoms with Crippen LogP contribution in [0, 0.1) is 3.70 Å². The maximum absolute atomic E-state index is 11.9. The summed E-state index contributed by atoms with van der Waals surface area (Å²) in [5.74, 6) is -0.761. The Morgan fingerprint density at radius 1 is 1.32 bits per heavy atom. The summed E-state index contributed by atoms with van der Waals surface area (Å²) in [5.41, 5.74) is 0.679. The van der Waals surface area contributed by atoms with Crippen molar-refractivity contribution in [1.29, 1.82) is 0 Å². The molecule has 22 heavy (non-hydrogen) atoms. The first-order valence-electron chi connectivity index (χ1n) is 6.67. The number of benzene rings is 1. The van der Waals surface area contributed by atoms with Gasteiger partial charge in [-0.2, -0.15) is 5.10 Å². The third-order valence-electron chi connectivity index (χ3n) is 2.83. The summed E-state index contributed by atoms with van der Waals surface area (Å²) in [6.07, 6.45) is 0. The second-order valence-electron chi connectivity index (χ2n) is 5.76. The third-order valence-corrected chi connectivity index (χ3v) is 3.62. The van der Waals surface area contributed by atoms with Crippen LogP contribution < -0.4 is 0 Å². The molecule has 0 atom stereocenters. The van der Waals surface area contributed by atoms with Crippen LogP contribution in [0.4, 0.5) is 0 Å². The van der Waals surface area contributed by atoms with Crippen LogP contribution in [0.3, 0.4) is 0 Å². The predicted octanol–water partition coefficient (Wildman–Crippen LogP) is 2.77. The van der Waals surface area contributed by atoms with Crippen molar-refractivity contribution >= 4 is 45.4 Å². The van der Waals surface area contributed by atoms with E-state index in [4.69, 9.17) is 9.47 Å². The Kier molecular flexibility index (Phi) is 4.74. The fourth-order valence-corrected chi connectivity index (χ4v) is 2.69. The van der Waals surface area contributed by atoms with E-state index in [-0.39, 0.29) is 12.5 Å². The highest BCUT2D eigenvalue weighted by molar-refractivity contribution is 14.1. The van der Waals surface area contributed by atoms with Gasteiger partial charge in [-0.3, -0.25) is 9.48 Å². The molecule has 0 spiro atoms. The number of methoxy groups -OCH3 is 1. The van der Waals surface area contributed by atoms with E-state index in [0.717, 1.165) is 10.9 Å². The lowest BCUT2D eigenvalue weighted by Crippen LogP contribution is -2.26. The number of nitrogens with zero attached hydrogens (tertiary/aromatic N) is 2. The van der Waals surface area contributed by atoms with Crippen molar-refractivity contribution in [2.45, 2.75) is 32.9 Å². The van der Waals surface area contributed by atoms with E-state index in [9.17, 15) is 9.59 Å². The summed E-state index contributed by atoms with van der Waals surface area (Å²) >= 11 is 2.07. The van der Waals surface area contributed by atoms with Crippen LogP contribution >= 0.6 is 22.6 Å². The number of carbonyl (C=O) groups is 2. The molecule has 6 nitrogen and oxygen atoms in total. The third kappa shape index (κ3) is 3.76. The van der Waals surface area contributed by atoms with Gasteiger partial charge >= 0.3 is 11.9 Å². The lowest BCUT2D eigenvalue weighted by molar-refractivity contribution is -0.155. The van der Waals surface area contributed by atoms with Gasteiger partial charge < -0.3 is 9.47 Å². The lowest BCUT2D eigenvalue weighted by atomic mass is 10.1. The van der Waals surface area contributed by atoms with Crippen molar-refractivity contribution in [3.63, 3.8) is 0 Å². The lowest BCUT2D eigenvalue weighted by Gasteiger charge is -2.19. The van der Waals surface area contributed by atoms with Crippen molar-refractivity contribution in [2.24, 2.45) is 0 Å². The average molecular weight is 416 g/mol. The summed E-state index contributed by atoms with van der Waals surface area (Å²) in [4.78, 5) is 23.5. The van der Waals surface area contributed by atoms with Crippen molar-refractivity contribution in [1.82, 2.24) is 9.78 Å². The number of aromatic nitrogens is 2. The molecular weight excluding hydrogens is 399 g/mol. The largest absolute Gasteiger partial charge is 0.465 e. The molecular formula is C15H17IN2O4. The highest BCUT2D eigenvalue weighted by Gasteiger charge is 2.19. The smallest absolute Gasteiger partial charge is 0.337 e. The van der Waals surface area contributed by atoms with E-state index in [1.807, 2.05) is 20.8 Å². The summed E-state index contributed by atoms with van der Waals surface area (Å²) in [6.45, 7) is 5.48. The highest BCUT2D eigenvalue weighted by atomic mass is 127. The van der Waals surface area contributed by atoms with Crippen LogP contribution in [0.25, 0.3) is 10.9 Å². The van der Waals surface area contributed by atoms with Crippen molar-refractivity contribution in [3.05, 3.63) is 27.5 Å². The number of carbonyl (C=O) groups excluding carboxylic acids is 2. The first kappa shape index (κ1) is 16.7. The molecule has 0 fully saturated rings. The molecule has 118 valence electrons. The molecule has 1 heterocycles. The van der Waals surface area contributed by atoms with Gasteiger partial charge in [-0.15, -0.1) is 0 Å². The maximum atomic E-state index is 11.9. The molecule has 0 amide bonds. The zero-order chi connectivity index (χ0) is 16.5. The maximum Gasteiger partial charge on any atom is 0.337 e. The minimum atomic E-state index is -0.536.